The maximum atomic E-state index is 5.25. The molecule has 20 heavy (non-hydrogen) atoms. The molecule has 1 aliphatic carbocycles. The van der Waals surface area contributed by atoms with Crippen molar-refractivity contribution in [3.63, 3.8) is 0 Å². The highest BCUT2D eigenvalue weighted by atomic mass is 32.2. The van der Waals surface area contributed by atoms with Crippen LogP contribution in [0, 0.1) is 0 Å². The largest absolute Gasteiger partial charge is 0.497 e. The summed E-state index contributed by atoms with van der Waals surface area (Å²) in [5.41, 5.74) is 1.37. The number of methoxy groups -OCH3 is 1. The van der Waals surface area contributed by atoms with E-state index in [0.29, 0.717) is 11.3 Å². The van der Waals surface area contributed by atoms with Gasteiger partial charge < -0.3 is 10.1 Å². The maximum Gasteiger partial charge on any atom is 0.118 e. The lowest BCUT2D eigenvalue weighted by molar-refractivity contribution is 0.414. The molecule has 3 heteroatoms. The molecule has 112 valence electrons. The highest BCUT2D eigenvalue weighted by molar-refractivity contribution is 8.00. The third-order valence-electron chi connectivity index (χ3n) is 4.08. The van der Waals surface area contributed by atoms with Crippen molar-refractivity contribution in [3.05, 3.63) is 29.8 Å². The Morgan fingerprint density at radius 2 is 1.90 bits per heavy atom. The second-order valence-electron chi connectivity index (χ2n) is 5.56. The van der Waals surface area contributed by atoms with Gasteiger partial charge in [0.1, 0.15) is 5.75 Å². The molecule has 1 aromatic carbocycles. The number of rotatable bonds is 7. The lowest BCUT2D eigenvalue weighted by atomic mass is 10.0. The van der Waals surface area contributed by atoms with Crippen molar-refractivity contribution in [3.8, 4) is 5.75 Å². The molecule has 1 N–H and O–H groups in total. The van der Waals surface area contributed by atoms with Gasteiger partial charge in [-0.1, -0.05) is 38.8 Å². The average Bonchev–Trinajstić information content (AvgIpc) is 2.97. The van der Waals surface area contributed by atoms with Crippen LogP contribution in [0.25, 0.3) is 0 Å². The number of nitrogens with one attached hydrogen (secondary N) is 1. The second-order valence-corrected chi connectivity index (χ2v) is 7.24. The molecule has 0 saturated heterocycles. The van der Waals surface area contributed by atoms with Crippen LogP contribution >= 0.6 is 11.8 Å². The molecule has 2 nitrogen and oxygen atoms in total. The number of ether oxygens (including phenoxy) is 1. The van der Waals surface area contributed by atoms with Crippen molar-refractivity contribution < 1.29 is 4.74 Å². The molecule has 0 spiro atoms. The van der Waals surface area contributed by atoms with Gasteiger partial charge in [-0.15, -0.1) is 0 Å². The van der Waals surface area contributed by atoms with Crippen LogP contribution < -0.4 is 10.1 Å². The summed E-state index contributed by atoms with van der Waals surface area (Å²) in [5.74, 6) is 0.931. The van der Waals surface area contributed by atoms with E-state index < -0.39 is 0 Å². The summed E-state index contributed by atoms with van der Waals surface area (Å²) in [6, 6.07) is 8.94. The molecule has 1 aromatic rings. The smallest absolute Gasteiger partial charge is 0.118 e. The Balaban J connectivity index is 2.03. The lowest BCUT2D eigenvalue weighted by Crippen LogP contribution is -2.29. The van der Waals surface area contributed by atoms with Crippen molar-refractivity contribution in [1.82, 2.24) is 5.32 Å². The SMILES string of the molecule is CCNC(c1ccc(OC)cc1)C(C)SC1CCCC1. The summed E-state index contributed by atoms with van der Waals surface area (Å²) >= 11 is 2.17. The van der Waals surface area contributed by atoms with Gasteiger partial charge in [-0.3, -0.25) is 0 Å². The van der Waals surface area contributed by atoms with Crippen molar-refractivity contribution in [2.75, 3.05) is 13.7 Å². The van der Waals surface area contributed by atoms with Crippen LogP contribution in [0.3, 0.4) is 0 Å². The topological polar surface area (TPSA) is 21.3 Å². The van der Waals surface area contributed by atoms with E-state index >= 15 is 0 Å². The molecule has 2 rings (SSSR count). The molecule has 0 heterocycles. The van der Waals surface area contributed by atoms with Gasteiger partial charge in [0.05, 0.1) is 7.11 Å². The van der Waals surface area contributed by atoms with Crippen LogP contribution in [-0.4, -0.2) is 24.2 Å². The molecule has 0 aliphatic heterocycles. The Morgan fingerprint density at radius 3 is 2.45 bits per heavy atom. The Bertz CT molecular complexity index is 386. The van der Waals surface area contributed by atoms with E-state index in [1.165, 1.54) is 31.2 Å². The summed E-state index contributed by atoms with van der Waals surface area (Å²) in [5, 5.41) is 5.12. The van der Waals surface area contributed by atoms with Crippen molar-refractivity contribution in [2.24, 2.45) is 0 Å². The predicted molar refractivity (Wildman–Crippen MR) is 88.7 cm³/mol. The molecule has 0 radical (unpaired) electrons. The van der Waals surface area contributed by atoms with E-state index in [0.717, 1.165) is 17.5 Å². The zero-order chi connectivity index (χ0) is 14.4. The Labute approximate surface area is 127 Å². The van der Waals surface area contributed by atoms with E-state index in [-0.39, 0.29) is 0 Å². The van der Waals surface area contributed by atoms with Crippen molar-refractivity contribution >= 4 is 11.8 Å². The zero-order valence-electron chi connectivity index (χ0n) is 12.9. The van der Waals surface area contributed by atoms with E-state index in [4.69, 9.17) is 4.74 Å². The number of hydrogen-bond acceptors (Lipinski definition) is 3. The number of benzene rings is 1. The Kier molecular flexibility index (Phi) is 6.24. The predicted octanol–water partition coefficient (Wildman–Crippen LogP) is 4.41. The van der Waals surface area contributed by atoms with E-state index in [9.17, 15) is 0 Å². The molecular weight excluding hydrogens is 266 g/mol. The third-order valence-corrected chi connectivity index (χ3v) is 5.64. The Hall–Kier alpha value is -0.670. The first-order chi connectivity index (χ1) is 9.74. The van der Waals surface area contributed by atoms with Gasteiger partial charge in [0, 0.05) is 16.5 Å². The zero-order valence-corrected chi connectivity index (χ0v) is 13.7. The van der Waals surface area contributed by atoms with Crippen LogP contribution in [0.4, 0.5) is 0 Å². The van der Waals surface area contributed by atoms with Gasteiger partial charge >= 0.3 is 0 Å². The van der Waals surface area contributed by atoms with Crippen LogP contribution in [0.2, 0.25) is 0 Å². The molecule has 1 aliphatic rings. The summed E-state index contributed by atoms with van der Waals surface area (Å²) in [7, 11) is 1.72. The fraction of sp³-hybridized carbons (Fsp3) is 0.647. The first-order valence-electron chi connectivity index (χ1n) is 7.77. The molecule has 1 fully saturated rings. The molecule has 2 atom stereocenters. The third kappa shape index (κ3) is 4.16. The van der Waals surface area contributed by atoms with Gasteiger partial charge in [-0.2, -0.15) is 11.8 Å². The quantitative estimate of drug-likeness (QED) is 0.804. The molecule has 1 saturated carbocycles. The number of hydrogen-bond donors (Lipinski definition) is 1. The van der Waals surface area contributed by atoms with Gasteiger partial charge in [0.2, 0.25) is 0 Å². The molecule has 0 amide bonds. The highest BCUT2D eigenvalue weighted by Crippen LogP contribution is 2.37. The van der Waals surface area contributed by atoms with E-state index in [1.807, 2.05) is 0 Å². The van der Waals surface area contributed by atoms with Gasteiger partial charge in [0.25, 0.3) is 0 Å². The first kappa shape index (κ1) is 15.7. The molecule has 2 unspecified atom stereocenters. The van der Waals surface area contributed by atoms with Crippen LogP contribution in [-0.2, 0) is 0 Å². The minimum absolute atomic E-state index is 0.427. The van der Waals surface area contributed by atoms with Gasteiger partial charge in [-0.05, 0) is 37.1 Å². The van der Waals surface area contributed by atoms with Crippen molar-refractivity contribution in [1.29, 1.82) is 0 Å². The second kappa shape index (κ2) is 7.94. The molecular formula is C17H27NOS. The van der Waals surface area contributed by atoms with E-state index in [1.54, 1.807) is 7.11 Å². The monoisotopic (exact) mass is 293 g/mol. The summed E-state index contributed by atoms with van der Waals surface area (Å²) in [4.78, 5) is 0. The summed E-state index contributed by atoms with van der Waals surface area (Å²) in [6.07, 6.45) is 5.63. The minimum atomic E-state index is 0.427. The van der Waals surface area contributed by atoms with Gasteiger partial charge in [-0.25, -0.2) is 0 Å². The Morgan fingerprint density at radius 1 is 1.25 bits per heavy atom. The maximum absolute atomic E-state index is 5.25. The fourth-order valence-corrected chi connectivity index (χ4v) is 4.62. The van der Waals surface area contributed by atoms with Crippen LogP contribution in [0.5, 0.6) is 5.75 Å². The average molecular weight is 293 g/mol. The molecule has 0 aromatic heterocycles. The normalized spacial score (nSPS) is 18.9. The standard InChI is InChI=1S/C17H27NOS/c1-4-18-17(13(2)20-16-7-5-6-8-16)14-9-11-15(19-3)12-10-14/h9-13,16-18H,4-8H2,1-3H3. The van der Waals surface area contributed by atoms with Crippen LogP contribution in [0.1, 0.15) is 51.1 Å². The van der Waals surface area contributed by atoms with Crippen molar-refractivity contribution in [2.45, 2.75) is 56.1 Å². The van der Waals surface area contributed by atoms with E-state index in [2.05, 4.69) is 55.2 Å². The lowest BCUT2D eigenvalue weighted by Gasteiger charge is -2.27. The summed E-state index contributed by atoms with van der Waals surface area (Å²) in [6.45, 7) is 5.55. The van der Waals surface area contributed by atoms with Gasteiger partial charge in [0.15, 0.2) is 0 Å². The minimum Gasteiger partial charge on any atom is -0.497 e. The summed E-state index contributed by atoms with van der Waals surface area (Å²) < 4.78 is 5.25. The molecule has 0 bridgehead atoms. The first-order valence-corrected chi connectivity index (χ1v) is 8.71. The van der Waals surface area contributed by atoms with Crippen LogP contribution in [0.15, 0.2) is 24.3 Å². The highest BCUT2D eigenvalue weighted by Gasteiger charge is 2.24. The number of thioether (sulfide) groups is 1. The fourth-order valence-electron chi connectivity index (χ4n) is 2.99.